The molecule has 0 aliphatic carbocycles. The van der Waals surface area contributed by atoms with Gasteiger partial charge in [-0.25, -0.2) is 13.9 Å². The minimum absolute atomic E-state index is 0.0502. The fourth-order valence-electron chi connectivity index (χ4n) is 1.70. The van der Waals surface area contributed by atoms with Gasteiger partial charge in [-0.05, 0) is 18.2 Å². The Kier molecular flexibility index (Phi) is 2.66. The first-order valence-corrected chi connectivity index (χ1v) is 5.48. The molecule has 0 aliphatic rings. The fraction of sp³-hybridized carbons (Fsp3) is 0.0833. The number of pyridine rings is 2. The molecule has 0 aliphatic heterocycles. The molecule has 3 heterocycles. The minimum atomic E-state index is -4.49. The van der Waals surface area contributed by atoms with Crippen LogP contribution in [0.1, 0.15) is 5.56 Å². The van der Waals surface area contributed by atoms with Gasteiger partial charge in [0.25, 0.3) is 0 Å². The van der Waals surface area contributed by atoms with Crippen molar-refractivity contribution in [2.45, 2.75) is 6.18 Å². The van der Waals surface area contributed by atoms with Crippen molar-refractivity contribution in [1.82, 2.24) is 19.6 Å². The largest absolute Gasteiger partial charge is 0.417 e. The van der Waals surface area contributed by atoms with Crippen LogP contribution in [0, 0.1) is 5.82 Å². The molecule has 0 saturated heterocycles. The summed E-state index contributed by atoms with van der Waals surface area (Å²) in [5, 5.41) is 3.93. The van der Waals surface area contributed by atoms with E-state index in [2.05, 4.69) is 15.1 Å². The number of halogens is 4. The highest BCUT2D eigenvalue weighted by molar-refractivity contribution is 5.57. The monoisotopic (exact) mass is 282 g/mol. The van der Waals surface area contributed by atoms with Crippen molar-refractivity contribution in [2.75, 3.05) is 0 Å². The number of aromatic nitrogens is 4. The molecule has 0 N–H and O–H groups in total. The molecule has 0 unspecified atom stereocenters. The molecule has 4 nitrogen and oxygen atoms in total. The van der Waals surface area contributed by atoms with Crippen LogP contribution in [0.2, 0.25) is 0 Å². The first-order valence-electron chi connectivity index (χ1n) is 5.48. The summed E-state index contributed by atoms with van der Waals surface area (Å²) < 4.78 is 52.0. The molecule has 0 spiro atoms. The highest BCUT2D eigenvalue weighted by Crippen LogP contribution is 2.30. The van der Waals surface area contributed by atoms with Crippen molar-refractivity contribution < 1.29 is 17.6 Å². The van der Waals surface area contributed by atoms with Gasteiger partial charge < -0.3 is 0 Å². The Morgan fingerprint density at radius 1 is 1.10 bits per heavy atom. The Labute approximate surface area is 109 Å². The summed E-state index contributed by atoms with van der Waals surface area (Å²) in [5.41, 5.74) is -0.442. The molecule has 3 aromatic heterocycles. The van der Waals surface area contributed by atoms with Crippen LogP contribution in [0.15, 0.2) is 36.8 Å². The summed E-state index contributed by atoms with van der Waals surface area (Å²) in [5.74, 6) is -0.467. The predicted octanol–water partition coefficient (Wildman–Crippen LogP) is 2.95. The normalized spacial score (nSPS) is 12.0. The van der Waals surface area contributed by atoms with Crippen molar-refractivity contribution in [3.63, 3.8) is 0 Å². The van der Waals surface area contributed by atoms with E-state index >= 15 is 0 Å². The van der Waals surface area contributed by atoms with E-state index in [0.29, 0.717) is 5.65 Å². The molecule has 20 heavy (non-hydrogen) atoms. The van der Waals surface area contributed by atoms with Gasteiger partial charge in [-0.2, -0.15) is 13.2 Å². The van der Waals surface area contributed by atoms with Crippen LogP contribution in [-0.4, -0.2) is 19.6 Å². The number of nitrogens with zero attached hydrogens (tertiary/aromatic N) is 4. The smallest absolute Gasteiger partial charge is 0.263 e. The molecule has 0 fully saturated rings. The molecule has 8 heteroatoms. The second-order valence-corrected chi connectivity index (χ2v) is 4.05. The topological polar surface area (TPSA) is 43.1 Å². The van der Waals surface area contributed by atoms with E-state index in [1.807, 2.05) is 0 Å². The summed E-state index contributed by atoms with van der Waals surface area (Å²) in [6, 6.07) is 3.48. The van der Waals surface area contributed by atoms with Gasteiger partial charge in [-0.15, -0.1) is 5.10 Å². The zero-order chi connectivity index (χ0) is 14.3. The molecule has 0 aromatic carbocycles. The van der Waals surface area contributed by atoms with E-state index in [0.717, 1.165) is 23.0 Å². The van der Waals surface area contributed by atoms with Crippen molar-refractivity contribution in [2.24, 2.45) is 0 Å². The lowest BCUT2D eigenvalue weighted by atomic mass is 10.2. The van der Waals surface area contributed by atoms with Gasteiger partial charge in [0, 0.05) is 18.0 Å². The van der Waals surface area contributed by atoms with Crippen LogP contribution in [-0.2, 0) is 6.18 Å². The number of hydrogen-bond acceptors (Lipinski definition) is 3. The molecule has 102 valence electrons. The lowest BCUT2D eigenvalue weighted by Gasteiger charge is -2.05. The van der Waals surface area contributed by atoms with Crippen molar-refractivity contribution in [1.29, 1.82) is 0 Å². The fourth-order valence-corrected chi connectivity index (χ4v) is 1.70. The van der Waals surface area contributed by atoms with Gasteiger partial charge in [0.1, 0.15) is 5.82 Å². The highest BCUT2D eigenvalue weighted by atomic mass is 19.4. The Hall–Kier alpha value is -2.51. The molecular formula is C12H6F4N4. The number of rotatable bonds is 1. The van der Waals surface area contributed by atoms with Gasteiger partial charge in [0.05, 0.1) is 11.8 Å². The molecule has 0 bridgehead atoms. The molecule has 0 saturated carbocycles. The van der Waals surface area contributed by atoms with E-state index < -0.39 is 17.6 Å². The van der Waals surface area contributed by atoms with Crippen molar-refractivity contribution in [3.8, 4) is 11.4 Å². The zero-order valence-corrected chi connectivity index (χ0v) is 9.76. The number of fused-ring (bicyclic) bond motifs is 1. The average molecular weight is 282 g/mol. The molecule has 0 radical (unpaired) electrons. The summed E-state index contributed by atoms with van der Waals surface area (Å²) in [7, 11) is 0. The van der Waals surface area contributed by atoms with E-state index in [4.69, 9.17) is 0 Å². The Morgan fingerprint density at radius 3 is 2.65 bits per heavy atom. The van der Waals surface area contributed by atoms with E-state index in [1.165, 1.54) is 18.3 Å². The summed E-state index contributed by atoms with van der Waals surface area (Å²) >= 11 is 0. The Bertz CT molecular complexity index is 778. The van der Waals surface area contributed by atoms with Crippen LogP contribution in [0.3, 0.4) is 0 Å². The van der Waals surface area contributed by atoms with E-state index in [9.17, 15) is 17.6 Å². The molecule has 0 atom stereocenters. The maximum Gasteiger partial charge on any atom is 0.417 e. The average Bonchev–Trinajstić information content (AvgIpc) is 2.81. The van der Waals surface area contributed by atoms with Crippen LogP contribution < -0.4 is 0 Å². The summed E-state index contributed by atoms with van der Waals surface area (Å²) in [6.07, 6.45) is -1.46. The molecule has 3 aromatic rings. The Morgan fingerprint density at radius 2 is 1.90 bits per heavy atom. The van der Waals surface area contributed by atoms with Crippen LogP contribution in [0.4, 0.5) is 17.6 Å². The maximum absolute atomic E-state index is 13.0. The van der Waals surface area contributed by atoms with Crippen molar-refractivity contribution >= 4 is 5.65 Å². The standard InChI is InChI=1S/C12H6F4N4/c13-9-1-2-10-18-11(19-20(10)6-9)7-3-8(5-17-4-7)12(14,15)16/h1-6H. The molecule has 3 rings (SSSR count). The van der Waals surface area contributed by atoms with Gasteiger partial charge in [-0.1, -0.05) is 0 Å². The maximum atomic E-state index is 13.0. The van der Waals surface area contributed by atoms with Gasteiger partial charge >= 0.3 is 6.18 Å². The van der Waals surface area contributed by atoms with Crippen molar-refractivity contribution in [3.05, 3.63) is 48.2 Å². The molecular weight excluding hydrogens is 276 g/mol. The molecule has 0 amide bonds. The first-order chi connectivity index (χ1) is 9.43. The highest BCUT2D eigenvalue weighted by Gasteiger charge is 2.31. The van der Waals surface area contributed by atoms with Gasteiger partial charge in [0.2, 0.25) is 0 Å². The third kappa shape index (κ3) is 2.20. The van der Waals surface area contributed by atoms with Crippen LogP contribution in [0.5, 0.6) is 0 Å². The third-order valence-electron chi connectivity index (χ3n) is 2.62. The summed E-state index contributed by atoms with van der Waals surface area (Å²) in [4.78, 5) is 7.56. The summed E-state index contributed by atoms with van der Waals surface area (Å²) in [6.45, 7) is 0. The lowest BCUT2D eigenvalue weighted by Crippen LogP contribution is -2.05. The quantitative estimate of drug-likeness (QED) is 0.644. The van der Waals surface area contributed by atoms with E-state index in [1.54, 1.807) is 0 Å². The van der Waals surface area contributed by atoms with Gasteiger partial charge in [0.15, 0.2) is 11.5 Å². The minimum Gasteiger partial charge on any atom is -0.263 e. The second-order valence-electron chi connectivity index (χ2n) is 4.05. The van der Waals surface area contributed by atoms with Crippen LogP contribution >= 0.6 is 0 Å². The number of hydrogen-bond donors (Lipinski definition) is 0. The first kappa shape index (κ1) is 12.5. The Balaban J connectivity index is 2.11. The van der Waals surface area contributed by atoms with Crippen LogP contribution in [0.25, 0.3) is 17.0 Å². The SMILES string of the molecule is Fc1ccc2nc(-c3cncc(C(F)(F)F)c3)nn2c1. The second kappa shape index (κ2) is 4.26. The predicted molar refractivity (Wildman–Crippen MR) is 61.2 cm³/mol. The lowest BCUT2D eigenvalue weighted by molar-refractivity contribution is -0.137. The zero-order valence-electron chi connectivity index (χ0n) is 9.76. The third-order valence-corrected chi connectivity index (χ3v) is 2.62. The van der Waals surface area contributed by atoms with Gasteiger partial charge in [-0.3, -0.25) is 4.98 Å². The van der Waals surface area contributed by atoms with E-state index in [-0.39, 0.29) is 11.4 Å². The number of alkyl halides is 3.